The molecular weight excluding hydrogens is 429 g/mol. The first kappa shape index (κ1) is 17.9. The standard InChI is InChI=1S/C20H20INO3/c1-24-19-13-14(12-17(21)20(19)23)11-15(18-6-2-3-9-22-18)7-8-16-5-4-10-25-16/h2-6,9,11-13,16,23H,7-8,10H2,1H3/b15-11-/t16-/m0/s1. The Kier molecular flexibility index (Phi) is 6.09. The average molecular weight is 449 g/mol. The van der Waals surface area contributed by atoms with Crippen LogP contribution in [0.1, 0.15) is 24.1 Å². The summed E-state index contributed by atoms with van der Waals surface area (Å²) in [5.74, 6) is 0.643. The Hall–Kier alpha value is -1.86. The monoisotopic (exact) mass is 449 g/mol. The summed E-state index contributed by atoms with van der Waals surface area (Å²) in [6.07, 6.45) is 10.0. The van der Waals surface area contributed by atoms with Crippen LogP contribution in [0.5, 0.6) is 11.5 Å². The van der Waals surface area contributed by atoms with Gasteiger partial charge in [0.2, 0.25) is 0 Å². The van der Waals surface area contributed by atoms with Gasteiger partial charge in [-0.3, -0.25) is 4.98 Å². The molecule has 0 saturated heterocycles. The maximum Gasteiger partial charge on any atom is 0.171 e. The zero-order valence-electron chi connectivity index (χ0n) is 14.0. The number of pyridine rings is 1. The maximum absolute atomic E-state index is 10.0. The molecule has 0 aliphatic carbocycles. The highest BCUT2D eigenvalue weighted by Gasteiger charge is 2.13. The minimum absolute atomic E-state index is 0.168. The van der Waals surface area contributed by atoms with Gasteiger partial charge in [-0.05, 0) is 76.9 Å². The van der Waals surface area contributed by atoms with Gasteiger partial charge in [0.15, 0.2) is 11.5 Å². The molecule has 3 rings (SSSR count). The average Bonchev–Trinajstić information content (AvgIpc) is 3.15. The molecule has 0 unspecified atom stereocenters. The second-order valence-corrected chi connectivity index (χ2v) is 6.94. The quantitative estimate of drug-likeness (QED) is 0.514. The maximum atomic E-state index is 10.0. The van der Waals surface area contributed by atoms with E-state index < -0.39 is 0 Å². The molecule has 5 heteroatoms. The SMILES string of the molecule is COc1cc(/C=C(/CC[C@@H]2C=CCO2)c2ccccn2)cc(I)c1O. The molecule has 1 N–H and O–H groups in total. The molecule has 1 aliphatic heterocycles. The van der Waals surface area contributed by atoms with Gasteiger partial charge in [0.25, 0.3) is 0 Å². The van der Waals surface area contributed by atoms with E-state index >= 15 is 0 Å². The summed E-state index contributed by atoms with van der Waals surface area (Å²) in [5.41, 5.74) is 3.06. The van der Waals surface area contributed by atoms with Crippen LogP contribution in [-0.4, -0.2) is 29.9 Å². The number of halogens is 1. The van der Waals surface area contributed by atoms with Crippen LogP contribution in [-0.2, 0) is 4.74 Å². The van der Waals surface area contributed by atoms with Crippen LogP contribution in [0.3, 0.4) is 0 Å². The summed E-state index contributed by atoms with van der Waals surface area (Å²) in [7, 11) is 1.56. The summed E-state index contributed by atoms with van der Waals surface area (Å²) in [6.45, 7) is 0.695. The lowest BCUT2D eigenvalue weighted by Crippen LogP contribution is -2.04. The Morgan fingerprint density at radius 3 is 3.00 bits per heavy atom. The first-order valence-electron chi connectivity index (χ1n) is 8.14. The van der Waals surface area contributed by atoms with Gasteiger partial charge < -0.3 is 14.6 Å². The molecule has 25 heavy (non-hydrogen) atoms. The third kappa shape index (κ3) is 4.61. The van der Waals surface area contributed by atoms with Crippen molar-refractivity contribution in [3.05, 3.63) is 63.5 Å². The summed E-state index contributed by atoms with van der Waals surface area (Å²) in [5, 5.41) is 10.0. The number of allylic oxidation sites excluding steroid dienone is 1. The van der Waals surface area contributed by atoms with Gasteiger partial charge >= 0.3 is 0 Å². The fourth-order valence-electron chi connectivity index (χ4n) is 2.78. The van der Waals surface area contributed by atoms with Gasteiger partial charge in [0.1, 0.15) is 0 Å². The minimum atomic E-state index is 0.168. The zero-order valence-corrected chi connectivity index (χ0v) is 16.1. The van der Waals surface area contributed by atoms with Crippen LogP contribution in [0, 0.1) is 3.57 Å². The van der Waals surface area contributed by atoms with Crippen molar-refractivity contribution in [1.29, 1.82) is 0 Å². The lowest BCUT2D eigenvalue weighted by molar-refractivity contribution is 0.123. The molecule has 0 radical (unpaired) electrons. The number of nitrogens with zero attached hydrogens (tertiary/aromatic N) is 1. The van der Waals surface area contributed by atoms with Crippen molar-refractivity contribution >= 4 is 34.2 Å². The number of phenols is 1. The highest BCUT2D eigenvalue weighted by atomic mass is 127. The van der Waals surface area contributed by atoms with E-state index in [0.29, 0.717) is 12.4 Å². The van der Waals surface area contributed by atoms with Crippen LogP contribution in [0.25, 0.3) is 11.6 Å². The summed E-state index contributed by atoms with van der Waals surface area (Å²) in [4.78, 5) is 4.49. The number of aromatic nitrogens is 1. The van der Waals surface area contributed by atoms with Crippen molar-refractivity contribution in [3.63, 3.8) is 0 Å². The van der Waals surface area contributed by atoms with E-state index in [1.807, 2.05) is 30.3 Å². The Morgan fingerprint density at radius 2 is 2.32 bits per heavy atom. The lowest BCUT2D eigenvalue weighted by Gasteiger charge is -2.12. The number of benzene rings is 1. The number of hydrogen-bond acceptors (Lipinski definition) is 4. The number of ether oxygens (including phenoxy) is 2. The number of phenolic OH excluding ortho intramolecular Hbond substituents is 1. The zero-order chi connectivity index (χ0) is 17.6. The van der Waals surface area contributed by atoms with Crippen molar-refractivity contribution in [2.24, 2.45) is 0 Å². The molecule has 2 heterocycles. The number of hydrogen-bond donors (Lipinski definition) is 1. The third-order valence-corrected chi connectivity index (χ3v) is 4.88. The molecule has 0 bridgehead atoms. The van der Waals surface area contributed by atoms with E-state index in [1.54, 1.807) is 13.3 Å². The molecule has 1 aliphatic rings. The van der Waals surface area contributed by atoms with E-state index in [4.69, 9.17) is 9.47 Å². The van der Waals surface area contributed by atoms with Crippen molar-refractivity contribution in [2.45, 2.75) is 18.9 Å². The highest BCUT2D eigenvalue weighted by Crippen LogP contribution is 2.34. The first-order valence-corrected chi connectivity index (χ1v) is 9.22. The normalized spacial score (nSPS) is 17.0. The van der Waals surface area contributed by atoms with E-state index in [1.165, 1.54) is 0 Å². The molecule has 0 fully saturated rings. The largest absolute Gasteiger partial charge is 0.504 e. The van der Waals surface area contributed by atoms with Crippen molar-refractivity contribution in [2.75, 3.05) is 13.7 Å². The van der Waals surface area contributed by atoms with Crippen molar-refractivity contribution < 1.29 is 14.6 Å². The Labute approximate surface area is 161 Å². The summed E-state index contributed by atoms with van der Waals surface area (Å²) in [6, 6.07) is 9.69. The molecule has 2 aromatic rings. The Morgan fingerprint density at radius 1 is 1.44 bits per heavy atom. The predicted octanol–water partition coefficient (Wildman–Crippen LogP) is 4.68. The van der Waals surface area contributed by atoms with Gasteiger partial charge in [-0.25, -0.2) is 0 Å². The number of methoxy groups -OCH3 is 1. The fourth-order valence-corrected chi connectivity index (χ4v) is 3.41. The molecule has 0 spiro atoms. The number of rotatable bonds is 6. The highest BCUT2D eigenvalue weighted by molar-refractivity contribution is 14.1. The smallest absolute Gasteiger partial charge is 0.171 e. The topological polar surface area (TPSA) is 51.6 Å². The lowest BCUT2D eigenvalue weighted by atomic mass is 10.0. The van der Waals surface area contributed by atoms with Crippen LogP contribution in [0.15, 0.2) is 48.7 Å². The van der Waals surface area contributed by atoms with Crippen molar-refractivity contribution in [3.8, 4) is 11.5 Å². The van der Waals surface area contributed by atoms with Gasteiger partial charge in [0.05, 0.1) is 29.1 Å². The van der Waals surface area contributed by atoms with Gasteiger partial charge in [-0.2, -0.15) is 0 Å². The van der Waals surface area contributed by atoms with E-state index in [2.05, 4.69) is 45.8 Å². The molecular formula is C20H20INO3. The molecule has 1 atom stereocenters. The summed E-state index contributed by atoms with van der Waals surface area (Å²) < 4.78 is 11.7. The molecule has 1 aromatic carbocycles. The van der Waals surface area contributed by atoms with Crippen LogP contribution in [0.4, 0.5) is 0 Å². The molecule has 0 amide bonds. The summed E-state index contributed by atoms with van der Waals surface area (Å²) >= 11 is 2.11. The number of aromatic hydroxyl groups is 1. The van der Waals surface area contributed by atoms with Gasteiger partial charge in [-0.1, -0.05) is 18.2 Å². The van der Waals surface area contributed by atoms with E-state index in [0.717, 1.165) is 33.2 Å². The van der Waals surface area contributed by atoms with Crippen LogP contribution >= 0.6 is 22.6 Å². The van der Waals surface area contributed by atoms with E-state index in [9.17, 15) is 5.11 Å². The second-order valence-electron chi connectivity index (χ2n) is 5.78. The predicted molar refractivity (Wildman–Crippen MR) is 108 cm³/mol. The Balaban J connectivity index is 1.91. The fraction of sp³-hybridized carbons (Fsp3) is 0.250. The van der Waals surface area contributed by atoms with Crippen molar-refractivity contribution in [1.82, 2.24) is 4.98 Å². The van der Waals surface area contributed by atoms with Crippen LogP contribution in [0.2, 0.25) is 0 Å². The minimum Gasteiger partial charge on any atom is -0.504 e. The van der Waals surface area contributed by atoms with Crippen LogP contribution < -0.4 is 4.74 Å². The molecule has 0 saturated carbocycles. The first-order chi connectivity index (χ1) is 12.2. The van der Waals surface area contributed by atoms with E-state index in [-0.39, 0.29) is 11.9 Å². The van der Waals surface area contributed by atoms with Gasteiger partial charge in [-0.15, -0.1) is 0 Å². The molecule has 4 nitrogen and oxygen atoms in total. The van der Waals surface area contributed by atoms with Gasteiger partial charge in [0, 0.05) is 6.20 Å². The molecule has 130 valence electrons. The Bertz CT molecular complexity index is 787. The molecule has 1 aromatic heterocycles. The third-order valence-electron chi connectivity index (χ3n) is 4.06. The second kappa shape index (κ2) is 8.49.